The normalized spacial score (nSPS) is 17.2. The number of amides is 1. The van der Waals surface area contributed by atoms with Crippen LogP contribution in [0.25, 0.3) is 0 Å². The van der Waals surface area contributed by atoms with E-state index in [2.05, 4.69) is 10.4 Å². The number of methoxy groups -OCH3 is 1. The number of rotatable bonds is 12. The van der Waals surface area contributed by atoms with Gasteiger partial charge in [0, 0.05) is 37.4 Å². The maximum Gasteiger partial charge on any atom is 0.356 e. The quantitative estimate of drug-likeness (QED) is 0.299. The molecule has 11 heteroatoms. The van der Waals surface area contributed by atoms with Crippen LogP contribution < -0.4 is 14.8 Å². The molecular formula is C27H34N3O7P. The molecule has 0 aliphatic carbocycles. The minimum absolute atomic E-state index is 0.0513. The Hall–Kier alpha value is -3.17. The van der Waals surface area contributed by atoms with Crippen LogP contribution >= 0.6 is 7.60 Å². The topological polar surface area (TPSA) is 110 Å². The Morgan fingerprint density at radius 3 is 2.34 bits per heavy atom. The molecule has 0 radical (unpaired) electrons. The summed E-state index contributed by atoms with van der Waals surface area (Å²) < 4.78 is 41.9. The SMILES string of the molecule is COC[C@H](C)Oc1cc(O[C@@H](C)Cc2ccccc2)cc(C(=O)Nc2ccn(CP3(=O)OC(C)(C)O3)n2)c1. The van der Waals surface area contributed by atoms with Crippen LogP contribution in [-0.4, -0.2) is 47.4 Å². The van der Waals surface area contributed by atoms with Gasteiger partial charge in [-0.2, -0.15) is 5.10 Å². The van der Waals surface area contributed by atoms with Gasteiger partial charge in [-0.15, -0.1) is 0 Å². The molecule has 0 unspecified atom stereocenters. The van der Waals surface area contributed by atoms with E-state index < -0.39 is 19.3 Å². The van der Waals surface area contributed by atoms with Crippen LogP contribution in [0.3, 0.4) is 0 Å². The van der Waals surface area contributed by atoms with Gasteiger partial charge in [-0.25, -0.2) is 0 Å². The molecule has 2 atom stereocenters. The van der Waals surface area contributed by atoms with Gasteiger partial charge < -0.3 is 19.5 Å². The largest absolute Gasteiger partial charge is 0.490 e. The zero-order chi connectivity index (χ0) is 27.3. The van der Waals surface area contributed by atoms with E-state index in [-0.39, 0.29) is 18.5 Å². The third-order valence-corrected chi connectivity index (χ3v) is 7.57. The van der Waals surface area contributed by atoms with Gasteiger partial charge in [0.2, 0.25) is 0 Å². The van der Waals surface area contributed by atoms with E-state index in [4.69, 9.17) is 23.3 Å². The third kappa shape index (κ3) is 7.68. The Morgan fingerprint density at radius 1 is 1.05 bits per heavy atom. The fraction of sp³-hybridized carbons (Fsp3) is 0.407. The first-order valence-corrected chi connectivity index (χ1v) is 14.1. The van der Waals surface area contributed by atoms with Gasteiger partial charge in [0.1, 0.15) is 23.9 Å². The molecule has 1 saturated heterocycles. The van der Waals surface area contributed by atoms with E-state index >= 15 is 0 Å². The second kappa shape index (κ2) is 11.7. The van der Waals surface area contributed by atoms with Crippen molar-refractivity contribution in [2.24, 2.45) is 0 Å². The van der Waals surface area contributed by atoms with Crippen LogP contribution in [0.1, 0.15) is 43.6 Å². The van der Waals surface area contributed by atoms with Crippen LogP contribution in [0.4, 0.5) is 5.82 Å². The molecule has 2 aromatic carbocycles. The second-order valence-corrected chi connectivity index (χ2v) is 11.6. The fourth-order valence-corrected chi connectivity index (χ4v) is 6.15. The lowest BCUT2D eigenvalue weighted by molar-refractivity contribution is -0.171. The molecule has 3 aromatic rings. The van der Waals surface area contributed by atoms with Crippen LogP contribution in [0.5, 0.6) is 11.5 Å². The van der Waals surface area contributed by atoms with Gasteiger partial charge in [-0.05, 0) is 45.4 Å². The lowest BCUT2D eigenvalue weighted by Crippen LogP contribution is -2.37. The van der Waals surface area contributed by atoms with Crippen molar-refractivity contribution in [2.45, 2.75) is 58.4 Å². The Kier molecular flexibility index (Phi) is 8.57. The summed E-state index contributed by atoms with van der Waals surface area (Å²) >= 11 is 0. The van der Waals surface area contributed by atoms with Gasteiger partial charge in [-0.1, -0.05) is 30.3 Å². The van der Waals surface area contributed by atoms with Crippen LogP contribution in [0.2, 0.25) is 0 Å². The Morgan fingerprint density at radius 2 is 1.71 bits per heavy atom. The molecule has 1 amide bonds. The number of benzene rings is 2. The Labute approximate surface area is 222 Å². The highest BCUT2D eigenvalue weighted by Gasteiger charge is 2.49. The van der Waals surface area contributed by atoms with E-state index in [1.54, 1.807) is 51.4 Å². The molecule has 1 aliphatic heterocycles. The van der Waals surface area contributed by atoms with E-state index in [1.165, 1.54) is 4.68 Å². The van der Waals surface area contributed by atoms with Crippen molar-refractivity contribution in [3.63, 3.8) is 0 Å². The first-order valence-electron chi connectivity index (χ1n) is 12.4. The molecule has 10 nitrogen and oxygen atoms in total. The molecule has 0 saturated carbocycles. The van der Waals surface area contributed by atoms with Crippen molar-refractivity contribution >= 4 is 19.3 Å². The van der Waals surface area contributed by atoms with Crippen LogP contribution in [-0.2, 0) is 31.1 Å². The Bertz CT molecular complexity index is 1280. The first-order chi connectivity index (χ1) is 18.0. The van der Waals surface area contributed by atoms with Crippen molar-refractivity contribution in [3.8, 4) is 11.5 Å². The molecular weight excluding hydrogens is 509 g/mol. The average Bonchev–Trinajstić information content (AvgIpc) is 3.24. The standard InChI is InChI=1S/C27H34N3O7P/c1-19(13-21-9-7-6-8-10-21)34-23-14-22(15-24(16-23)35-20(2)17-33-5)26(31)28-25-11-12-30(29-25)18-38(32)36-27(3,4)37-38/h6-12,14-16,19-20H,13,17-18H2,1-5H3,(H,28,29,31)/t19-,20-/m0/s1. The predicted molar refractivity (Wildman–Crippen MR) is 143 cm³/mol. The summed E-state index contributed by atoms with van der Waals surface area (Å²) in [4.78, 5) is 13.2. The highest BCUT2D eigenvalue weighted by atomic mass is 31.2. The van der Waals surface area contributed by atoms with Gasteiger partial charge >= 0.3 is 7.60 Å². The lowest BCUT2D eigenvalue weighted by atomic mass is 10.1. The molecule has 4 rings (SSSR count). The monoisotopic (exact) mass is 543 g/mol. The molecule has 1 N–H and O–H groups in total. The Balaban J connectivity index is 1.46. The number of carbonyl (C=O) groups is 1. The molecule has 1 aliphatic rings. The number of hydrogen-bond acceptors (Lipinski definition) is 8. The van der Waals surface area contributed by atoms with Crippen molar-refractivity contribution in [1.29, 1.82) is 0 Å². The van der Waals surface area contributed by atoms with E-state index in [1.807, 2.05) is 44.2 Å². The number of aromatic nitrogens is 2. The second-order valence-electron chi connectivity index (χ2n) is 9.72. The molecule has 1 aromatic heterocycles. The fourth-order valence-electron chi connectivity index (χ4n) is 4.17. The van der Waals surface area contributed by atoms with Gasteiger partial charge in [0.25, 0.3) is 5.91 Å². The number of nitrogens with zero attached hydrogens (tertiary/aromatic N) is 2. The third-order valence-electron chi connectivity index (χ3n) is 5.50. The number of nitrogens with one attached hydrogen (secondary N) is 1. The summed E-state index contributed by atoms with van der Waals surface area (Å²) in [6.07, 6.45) is 1.88. The molecule has 2 heterocycles. The summed E-state index contributed by atoms with van der Waals surface area (Å²) in [5, 5.41) is 7.04. The van der Waals surface area contributed by atoms with Crippen molar-refractivity contribution in [1.82, 2.24) is 9.78 Å². The minimum Gasteiger partial charge on any atom is -0.490 e. The maximum atomic E-state index is 13.2. The van der Waals surface area contributed by atoms with Gasteiger partial charge in [0.05, 0.1) is 12.7 Å². The van der Waals surface area contributed by atoms with E-state index in [0.29, 0.717) is 35.9 Å². The zero-order valence-electron chi connectivity index (χ0n) is 22.2. The number of anilines is 1. The molecule has 1 fully saturated rings. The summed E-state index contributed by atoms with van der Waals surface area (Å²) in [5.41, 5.74) is 1.49. The molecule has 204 valence electrons. The summed E-state index contributed by atoms with van der Waals surface area (Å²) in [5.74, 6) is 0.0113. The predicted octanol–water partition coefficient (Wildman–Crippen LogP) is 5.49. The average molecular weight is 544 g/mol. The van der Waals surface area contributed by atoms with Crippen LogP contribution in [0.15, 0.2) is 60.8 Å². The molecule has 38 heavy (non-hydrogen) atoms. The van der Waals surface area contributed by atoms with E-state index in [0.717, 1.165) is 5.56 Å². The molecule has 0 spiro atoms. The van der Waals surface area contributed by atoms with Crippen LogP contribution in [0, 0.1) is 0 Å². The molecule has 0 bridgehead atoms. The van der Waals surface area contributed by atoms with Gasteiger partial charge in [0.15, 0.2) is 11.6 Å². The van der Waals surface area contributed by atoms with Crippen molar-refractivity contribution in [3.05, 3.63) is 71.9 Å². The van der Waals surface area contributed by atoms with E-state index in [9.17, 15) is 9.36 Å². The summed E-state index contributed by atoms with van der Waals surface area (Å²) in [6, 6.07) is 16.7. The van der Waals surface area contributed by atoms with Gasteiger partial charge in [-0.3, -0.25) is 23.1 Å². The smallest absolute Gasteiger partial charge is 0.356 e. The summed E-state index contributed by atoms with van der Waals surface area (Å²) in [7, 11) is -1.64. The van der Waals surface area contributed by atoms with Crippen molar-refractivity contribution < 1.29 is 32.6 Å². The first kappa shape index (κ1) is 27.9. The zero-order valence-corrected chi connectivity index (χ0v) is 23.1. The lowest BCUT2D eigenvalue weighted by Gasteiger charge is -2.41. The van der Waals surface area contributed by atoms with Crippen molar-refractivity contribution in [2.75, 3.05) is 19.0 Å². The summed E-state index contributed by atoms with van der Waals surface area (Å²) in [6.45, 7) is 7.62. The number of carbonyl (C=O) groups excluding carboxylic acids is 1. The minimum atomic E-state index is -3.24. The highest BCUT2D eigenvalue weighted by molar-refractivity contribution is 7.53. The highest BCUT2D eigenvalue weighted by Crippen LogP contribution is 2.64. The number of hydrogen-bond donors (Lipinski definition) is 1. The maximum absolute atomic E-state index is 13.2. The number of ether oxygens (including phenoxy) is 3.